The van der Waals surface area contributed by atoms with E-state index in [0.717, 1.165) is 5.69 Å². The van der Waals surface area contributed by atoms with Crippen LogP contribution in [0.5, 0.6) is 0 Å². The summed E-state index contributed by atoms with van der Waals surface area (Å²) in [4.78, 5) is 24.7. The molecule has 0 aliphatic heterocycles. The van der Waals surface area contributed by atoms with Crippen molar-refractivity contribution in [1.29, 1.82) is 0 Å². The molecule has 0 heterocycles. The Balaban J connectivity index is 2.18. The molecule has 1 amide bonds. The van der Waals surface area contributed by atoms with E-state index >= 15 is 0 Å². The standard InChI is InChI=1S/C17H23NO3/c1-16(2)13(10-11-17(16,3)15(20)21-4)14(19)18-12-8-6-5-7-9-12/h5-9,13H,10-11H2,1-4H3,(H,18,19)/t13-,17+/m1/s1. The van der Waals surface area contributed by atoms with Crippen molar-refractivity contribution in [2.75, 3.05) is 12.4 Å². The van der Waals surface area contributed by atoms with Crippen molar-refractivity contribution < 1.29 is 14.3 Å². The highest BCUT2D eigenvalue weighted by molar-refractivity contribution is 5.94. The molecule has 1 aliphatic carbocycles. The first-order chi connectivity index (χ1) is 9.83. The van der Waals surface area contributed by atoms with Crippen molar-refractivity contribution in [3.8, 4) is 0 Å². The molecule has 0 radical (unpaired) electrons. The zero-order valence-electron chi connectivity index (χ0n) is 13.1. The summed E-state index contributed by atoms with van der Waals surface area (Å²) in [6.45, 7) is 5.85. The number of esters is 1. The lowest BCUT2D eigenvalue weighted by Gasteiger charge is -2.38. The summed E-state index contributed by atoms with van der Waals surface area (Å²) in [5.74, 6) is -0.469. The number of carbonyl (C=O) groups excluding carboxylic acids is 2. The lowest BCUT2D eigenvalue weighted by molar-refractivity contribution is -0.158. The van der Waals surface area contributed by atoms with Crippen LogP contribution in [0.15, 0.2) is 30.3 Å². The zero-order chi connectivity index (χ0) is 15.7. The van der Waals surface area contributed by atoms with Crippen molar-refractivity contribution in [2.24, 2.45) is 16.7 Å². The Morgan fingerprint density at radius 1 is 1.19 bits per heavy atom. The second-order valence-corrected chi connectivity index (χ2v) is 6.49. The number of nitrogens with one attached hydrogen (secondary N) is 1. The van der Waals surface area contributed by atoms with Crippen LogP contribution >= 0.6 is 0 Å². The molecule has 4 nitrogen and oxygen atoms in total. The molecular formula is C17H23NO3. The van der Waals surface area contributed by atoms with Crippen LogP contribution < -0.4 is 5.32 Å². The molecule has 4 heteroatoms. The molecule has 1 fully saturated rings. The molecular weight excluding hydrogens is 266 g/mol. The first-order valence-corrected chi connectivity index (χ1v) is 7.27. The minimum absolute atomic E-state index is 0.0289. The first kappa shape index (κ1) is 15.5. The molecule has 0 aromatic heterocycles. The van der Waals surface area contributed by atoms with Gasteiger partial charge in [0.25, 0.3) is 0 Å². The normalized spacial score (nSPS) is 27.1. The van der Waals surface area contributed by atoms with Crippen molar-refractivity contribution in [3.05, 3.63) is 30.3 Å². The Morgan fingerprint density at radius 2 is 1.81 bits per heavy atom. The van der Waals surface area contributed by atoms with E-state index < -0.39 is 10.8 Å². The third-order valence-corrected chi connectivity index (χ3v) is 5.22. The van der Waals surface area contributed by atoms with E-state index in [4.69, 9.17) is 4.74 Å². The minimum atomic E-state index is -0.625. The fraction of sp³-hybridized carbons (Fsp3) is 0.529. The van der Waals surface area contributed by atoms with Gasteiger partial charge in [0.2, 0.25) is 5.91 Å². The molecule has 1 aromatic carbocycles. The summed E-state index contributed by atoms with van der Waals surface area (Å²) in [5, 5.41) is 2.94. The van der Waals surface area contributed by atoms with E-state index in [1.54, 1.807) is 0 Å². The monoisotopic (exact) mass is 289 g/mol. The topological polar surface area (TPSA) is 55.4 Å². The summed E-state index contributed by atoms with van der Waals surface area (Å²) in [7, 11) is 1.40. The number of hydrogen-bond acceptors (Lipinski definition) is 3. The highest BCUT2D eigenvalue weighted by atomic mass is 16.5. The van der Waals surface area contributed by atoms with Crippen molar-refractivity contribution in [1.82, 2.24) is 0 Å². The molecule has 0 saturated heterocycles. The first-order valence-electron chi connectivity index (χ1n) is 7.27. The van der Waals surface area contributed by atoms with Crippen LogP contribution in [0.4, 0.5) is 5.69 Å². The van der Waals surface area contributed by atoms with Gasteiger partial charge in [-0.1, -0.05) is 32.0 Å². The summed E-state index contributed by atoms with van der Waals surface area (Å²) < 4.78 is 4.95. The third kappa shape index (κ3) is 2.55. The van der Waals surface area contributed by atoms with E-state index in [2.05, 4.69) is 5.32 Å². The Labute approximate surface area is 125 Å². The maximum absolute atomic E-state index is 12.6. The number of anilines is 1. The van der Waals surface area contributed by atoms with Gasteiger partial charge in [0.15, 0.2) is 0 Å². The highest BCUT2D eigenvalue weighted by Crippen LogP contribution is 2.56. The van der Waals surface area contributed by atoms with Gasteiger partial charge in [-0.25, -0.2) is 0 Å². The Bertz CT molecular complexity index is 538. The van der Waals surface area contributed by atoms with Gasteiger partial charge in [-0.2, -0.15) is 0 Å². The van der Waals surface area contributed by atoms with E-state index in [0.29, 0.717) is 12.8 Å². The number of benzene rings is 1. The van der Waals surface area contributed by atoms with Gasteiger partial charge in [-0.15, -0.1) is 0 Å². The highest BCUT2D eigenvalue weighted by Gasteiger charge is 2.58. The predicted molar refractivity (Wildman–Crippen MR) is 81.7 cm³/mol. The van der Waals surface area contributed by atoms with Gasteiger partial charge < -0.3 is 10.1 Å². The smallest absolute Gasteiger partial charge is 0.312 e. The fourth-order valence-corrected chi connectivity index (χ4v) is 3.30. The molecule has 1 aliphatic rings. The van der Waals surface area contributed by atoms with Gasteiger partial charge in [-0.05, 0) is 37.3 Å². The van der Waals surface area contributed by atoms with Crippen LogP contribution in [0.25, 0.3) is 0 Å². The number of carbonyl (C=O) groups is 2. The maximum atomic E-state index is 12.6. The van der Waals surface area contributed by atoms with Crippen molar-refractivity contribution >= 4 is 17.6 Å². The molecule has 1 saturated carbocycles. The Hall–Kier alpha value is -1.84. The quantitative estimate of drug-likeness (QED) is 0.869. The predicted octanol–water partition coefficient (Wildman–Crippen LogP) is 3.24. The number of amides is 1. The molecule has 1 aromatic rings. The summed E-state index contributed by atoms with van der Waals surface area (Å²) in [6.07, 6.45) is 1.36. The maximum Gasteiger partial charge on any atom is 0.312 e. The molecule has 2 rings (SSSR count). The average Bonchev–Trinajstić information content (AvgIpc) is 2.70. The molecule has 2 atom stereocenters. The number of hydrogen-bond donors (Lipinski definition) is 1. The molecule has 114 valence electrons. The zero-order valence-corrected chi connectivity index (χ0v) is 13.1. The van der Waals surface area contributed by atoms with Crippen LogP contribution in [0, 0.1) is 16.7 Å². The number of methoxy groups -OCH3 is 1. The summed E-state index contributed by atoms with van der Waals surface area (Å²) in [6, 6.07) is 9.39. The van der Waals surface area contributed by atoms with Crippen molar-refractivity contribution in [2.45, 2.75) is 33.6 Å². The fourth-order valence-electron chi connectivity index (χ4n) is 3.30. The van der Waals surface area contributed by atoms with Crippen LogP contribution in [0.2, 0.25) is 0 Å². The van der Waals surface area contributed by atoms with Crippen LogP contribution in [-0.2, 0) is 14.3 Å². The van der Waals surface area contributed by atoms with E-state index in [9.17, 15) is 9.59 Å². The second-order valence-electron chi connectivity index (χ2n) is 6.49. The van der Waals surface area contributed by atoms with Crippen molar-refractivity contribution in [3.63, 3.8) is 0 Å². The Morgan fingerprint density at radius 3 is 2.38 bits per heavy atom. The molecule has 21 heavy (non-hydrogen) atoms. The third-order valence-electron chi connectivity index (χ3n) is 5.22. The number of para-hydroxylation sites is 1. The molecule has 0 spiro atoms. The lowest BCUT2D eigenvalue weighted by atomic mass is 9.65. The van der Waals surface area contributed by atoms with E-state index in [-0.39, 0.29) is 17.8 Å². The molecule has 0 bridgehead atoms. The van der Waals surface area contributed by atoms with Gasteiger partial charge in [0.05, 0.1) is 12.5 Å². The molecule has 1 N–H and O–H groups in total. The lowest BCUT2D eigenvalue weighted by Crippen LogP contribution is -2.44. The SMILES string of the molecule is COC(=O)[C@]1(C)CC[C@H](C(=O)Nc2ccccc2)C1(C)C. The minimum Gasteiger partial charge on any atom is -0.469 e. The van der Waals surface area contributed by atoms with Gasteiger partial charge in [-0.3, -0.25) is 9.59 Å². The number of ether oxygens (including phenoxy) is 1. The van der Waals surface area contributed by atoms with E-state index in [1.165, 1.54) is 7.11 Å². The van der Waals surface area contributed by atoms with Gasteiger partial charge in [0.1, 0.15) is 0 Å². The summed E-state index contributed by atoms with van der Waals surface area (Å²) >= 11 is 0. The summed E-state index contributed by atoms with van der Waals surface area (Å²) in [5.41, 5.74) is -0.288. The average molecular weight is 289 g/mol. The van der Waals surface area contributed by atoms with Crippen LogP contribution in [-0.4, -0.2) is 19.0 Å². The largest absolute Gasteiger partial charge is 0.469 e. The Kier molecular flexibility index (Phi) is 4.08. The van der Waals surface area contributed by atoms with Gasteiger partial charge in [0, 0.05) is 11.6 Å². The van der Waals surface area contributed by atoms with Crippen LogP contribution in [0.3, 0.4) is 0 Å². The van der Waals surface area contributed by atoms with E-state index in [1.807, 2.05) is 51.1 Å². The van der Waals surface area contributed by atoms with Crippen LogP contribution in [0.1, 0.15) is 33.6 Å². The number of rotatable bonds is 3. The molecule has 0 unspecified atom stereocenters. The second kappa shape index (κ2) is 5.51. The van der Waals surface area contributed by atoms with Gasteiger partial charge >= 0.3 is 5.97 Å².